The normalized spacial score (nSPS) is 12.9. The molecule has 1 aromatic heterocycles. The van der Waals surface area contributed by atoms with Gasteiger partial charge in [0.25, 0.3) is 0 Å². The highest BCUT2D eigenvalue weighted by atomic mass is 19.1. The first kappa shape index (κ1) is 18.0. The van der Waals surface area contributed by atoms with E-state index < -0.39 is 0 Å². The lowest BCUT2D eigenvalue weighted by molar-refractivity contribution is 0.458. The number of nitrogens with zero attached hydrogens (tertiary/aromatic N) is 3. The van der Waals surface area contributed by atoms with Gasteiger partial charge < -0.3 is 10.6 Å². The van der Waals surface area contributed by atoms with E-state index >= 15 is 0 Å². The van der Waals surface area contributed by atoms with Crippen LogP contribution in [0.4, 0.5) is 4.39 Å². The molecular weight excluding hydrogens is 305 g/mol. The number of halogens is 1. The highest BCUT2D eigenvalue weighted by molar-refractivity contribution is 5.79. The summed E-state index contributed by atoms with van der Waals surface area (Å²) in [6, 6.07) is 8.62. The first-order valence-corrected chi connectivity index (χ1v) is 8.41. The molecule has 0 fully saturated rings. The van der Waals surface area contributed by atoms with E-state index in [-0.39, 0.29) is 5.82 Å². The van der Waals surface area contributed by atoms with Crippen molar-refractivity contribution in [3.8, 4) is 0 Å². The van der Waals surface area contributed by atoms with E-state index in [4.69, 9.17) is 0 Å². The van der Waals surface area contributed by atoms with Crippen molar-refractivity contribution in [3.05, 3.63) is 54.1 Å². The summed E-state index contributed by atoms with van der Waals surface area (Å²) >= 11 is 0. The van der Waals surface area contributed by atoms with Crippen LogP contribution in [0.1, 0.15) is 19.4 Å². The second kappa shape index (κ2) is 9.70. The Morgan fingerprint density at radius 1 is 1.33 bits per heavy atom. The maximum Gasteiger partial charge on any atom is 0.191 e. The van der Waals surface area contributed by atoms with Crippen LogP contribution in [0.25, 0.3) is 0 Å². The van der Waals surface area contributed by atoms with Gasteiger partial charge in [0.2, 0.25) is 0 Å². The van der Waals surface area contributed by atoms with Gasteiger partial charge in [0.05, 0.1) is 0 Å². The zero-order valence-corrected chi connectivity index (χ0v) is 14.4. The smallest absolute Gasteiger partial charge is 0.191 e. The molecule has 0 spiro atoms. The van der Waals surface area contributed by atoms with Gasteiger partial charge in [-0.25, -0.2) is 4.39 Å². The SMILES string of the molecule is CCNC(=NCC(C)Cn1cccn1)NCCc1cccc(F)c1. The molecule has 24 heavy (non-hydrogen) atoms. The molecule has 2 aromatic rings. The summed E-state index contributed by atoms with van der Waals surface area (Å²) in [6.45, 7) is 7.27. The van der Waals surface area contributed by atoms with Crippen LogP contribution in [0.2, 0.25) is 0 Å². The number of hydrogen-bond donors (Lipinski definition) is 2. The number of aliphatic imine (C=N–C) groups is 1. The summed E-state index contributed by atoms with van der Waals surface area (Å²) in [5, 5.41) is 10.7. The molecule has 5 nitrogen and oxygen atoms in total. The van der Waals surface area contributed by atoms with Crippen LogP contribution in [0, 0.1) is 11.7 Å². The van der Waals surface area contributed by atoms with Gasteiger partial charge in [0, 0.05) is 38.6 Å². The van der Waals surface area contributed by atoms with Gasteiger partial charge in [0.15, 0.2) is 5.96 Å². The Hall–Kier alpha value is -2.37. The molecule has 0 bridgehead atoms. The summed E-state index contributed by atoms with van der Waals surface area (Å²) in [6.07, 6.45) is 4.50. The average molecular weight is 331 g/mol. The zero-order valence-electron chi connectivity index (χ0n) is 14.4. The maximum atomic E-state index is 13.2. The van der Waals surface area contributed by atoms with E-state index in [1.54, 1.807) is 18.3 Å². The van der Waals surface area contributed by atoms with Crippen LogP contribution >= 0.6 is 0 Å². The van der Waals surface area contributed by atoms with Crippen molar-refractivity contribution in [2.75, 3.05) is 19.6 Å². The van der Waals surface area contributed by atoms with Gasteiger partial charge in [-0.3, -0.25) is 9.67 Å². The summed E-state index contributed by atoms with van der Waals surface area (Å²) in [7, 11) is 0. The lowest BCUT2D eigenvalue weighted by Gasteiger charge is -2.13. The van der Waals surface area contributed by atoms with Gasteiger partial charge >= 0.3 is 0 Å². The van der Waals surface area contributed by atoms with Gasteiger partial charge in [0.1, 0.15) is 5.82 Å². The third kappa shape index (κ3) is 6.40. The van der Waals surface area contributed by atoms with E-state index in [2.05, 4.69) is 27.6 Å². The Labute approximate surface area is 143 Å². The van der Waals surface area contributed by atoms with Crippen molar-refractivity contribution in [1.82, 2.24) is 20.4 Å². The van der Waals surface area contributed by atoms with Crippen molar-refractivity contribution in [2.45, 2.75) is 26.8 Å². The van der Waals surface area contributed by atoms with Crippen LogP contribution in [-0.4, -0.2) is 35.4 Å². The average Bonchev–Trinajstić information content (AvgIpc) is 3.05. The number of rotatable bonds is 8. The fourth-order valence-electron chi connectivity index (χ4n) is 2.39. The minimum absolute atomic E-state index is 0.194. The maximum absolute atomic E-state index is 13.2. The fourth-order valence-corrected chi connectivity index (χ4v) is 2.39. The summed E-state index contributed by atoms with van der Waals surface area (Å²) in [5.74, 6) is 0.991. The van der Waals surface area contributed by atoms with Gasteiger partial charge in [-0.2, -0.15) is 5.10 Å². The first-order valence-electron chi connectivity index (χ1n) is 8.41. The predicted octanol–water partition coefficient (Wildman–Crippen LogP) is 2.46. The Morgan fingerprint density at radius 2 is 2.21 bits per heavy atom. The third-order valence-corrected chi connectivity index (χ3v) is 3.56. The quantitative estimate of drug-likeness (QED) is 0.577. The molecule has 6 heteroatoms. The molecule has 130 valence electrons. The van der Waals surface area contributed by atoms with E-state index in [1.807, 2.05) is 29.9 Å². The minimum atomic E-state index is -0.194. The van der Waals surface area contributed by atoms with Gasteiger partial charge in [-0.05, 0) is 43.0 Å². The standard InChI is InChI=1S/C18H26FN5/c1-3-20-18(21-10-8-16-6-4-7-17(19)12-16)22-13-15(2)14-24-11-5-9-23-24/h4-7,9,11-12,15H,3,8,10,13-14H2,1-2H3,(H2,20,21,22). The monoisotopic (exact) mass is 331 g/mol. The molecule has 1 aromatic carbocycles. The second-order valence-corrected chi connectivity index (χ2v) is 5.86. The Bertz CT molecular complexity index is 624. The van der Waals surface area contributed by atoms with Crippen LogP contribution < -0.4 is 10.6 Å². The number of guanidine groups is 1. The molecular formula is C18H26FN5. The first-order chi connectivity index (χ1) is 11.7. The molecule has 0 saturated carbocycles. The Balaban J connectivity index is 1.79. The summed E-state index contributed by atoms with van der Waals surface area (Å²) in [4.78, 5) is 4.62. The Morgan fingerprint density at radius 3 is 2.92 bits per heavy atom. The van der Waals surface area contributed by atoms with Crippen LogP contribution in [0.5, 0.6) is 0 Å². The molecule has 2 rings (SSSR count). The van der Waals surface area contributed by atoms with E-state index in [0.29, 0.717) is 12.5 Å². The number of nitrogens with one attached hydrogen (secondary N) is 2. The topological polar surface area (TPSA) is 54.2 Å². The van der Waals surface area contributed by atoms with Crippen LogP contribution in [0.3, 0.4) is 0 Å². The molecule has 0 saturated heterocycles. The molecule has 1 heterocycles. The lowest BCUT2D eigenvalue weighted by Crippen LogP contribution is -2.38. The molecule has 0 aliphatic carbocycles. The number of aromatic nitrogens is 2. The largest absolute Gasteiger partial charge is 0.357 e. The van der Waals surface area contributed by atoms with Gasteiger partial charge in [-0.15, -0.1) is 0 Å². The van der Waals surface area contributed by atoms with E-state index in [0.717, 1.165) is 37.6 Å². The zero-order chi connectivity index (χ0) is 17.2. The highest BCUT2D eigenvalue weighted by Gasteiger charge is 2.04. The minimum Gasteiger partial charge on any atom is -0.357 e. The lowest BCUT2D eigenvalue weighted by atomic mass is 10.1. The van der Waals surface area contributed by atoms with E-state index in [1.165, 1.54) is 6.07 Å². The van der Waals surface area contributed by atoms with Crippen molar-refractivity contribution >= 4 is 5.96 Å². The predicted molar refractivity (Wildman–Crippen MR) is 95.5 cm³/mol. The summed E-state index contributed by atoms with van der Waals surface area (Å²) in [5.41, 5.74) is 0.977. The van der Waals surface area contributed by atoms with Crippen molar-refractivity contribution in [1.29, 1.82) is 0 Å². The Kier molecular flexibility index (Phi) is 7.26. The molecule has 0 aliphatic heterocycles. The van der Waals surface area contributed by atoms with Crippen molar-refractivity contribution in [3.63, 3.8) is 0 Å². The molecule has 0 aliphatic rings. The van der Waals surface area contributed by atoms with Crippen LogP contribution in [-0.2, 0) is 13.0 Å². The highest BCUT2D eigenvalue weighted by Crippen LogP contribution is 2.03. The molecule has 1 atom stereocenters. The van der Waals surface area contributed by atoms with E-state index in [9.17, 15) is 4.39 Å². The third-order valence-electron chi connectivity index (χ3n) is 3.56. The van der Waals surface area contributed by atoms with Crippen LogP contribution in [0.15, 0.2) is 47.7 Å². The van der Waals surface area contributed by atoms with Crippen molar-refractivity contribution in [2.24, 2.45) is 10.9 Å². The second-order valence-electron chi connectivity index (χ2n) is 5.86. The summed E-state index contributed by atoms with van der Waals surface area (Å²) < 4.78 is 15.1. The number of hydrogen-bond acceptors (Lipinski definition) is 2. The molecule has 1 unspecified atom stereocenters. The fraction of sp³-hybridized carbons (Fsp3) is 0.444. The molecule has 2 N–H and O–H groups in total. The number of benzene rings is 1. The molecule has 0 radical (unpaired) electrons. The van der Waals surface area contributed by atoms with Gasteiger partial charge in [-0.1, -0.05) is 19.1 Å². The molecule has 0 amide bonds. The van der Waals surface area contributed by atoms with Crippen molar-refractivity contribution < 1.29 is 4.39 Å².